The number of hydrogen-bond donors (Lipinski definition) is 1. The van der Waals surface area contributed by atoms with Crippen molar-refractivity contribution in [3.8, 4) is 5.75 Å². The highest BCUT2D eigenvalue weighted by molar-refractivity contribution is 6.13. The van der Waals surface area contributed by atoms with Crippen LogP contribution in [0.1, 0.15) is 50.2 Å². The van der Waals surface area contributed by atoms with Gasteiger partial charge in [0.2, 0.25) is 0 Å². The third-order valence-corrected chi connectivity index (χ3v) is 6.80. The number of esters is 2. The monoisotopic (exact) mass is 507 g/mol. The van der Waals surface area contributed by atoms with E-state index in [1.807, 2.05) is 18.2 Å². The molecule has 3 atom stereocenters. The summed E-state index contributed by atoms with van der Waals surface area (Å²) in [6.45, 7) is 5.38. The van der Waals surface area contributed by atoms with Crippen LogP contribution in [-0.4, -0.2) is 38.0 Å². The van der Waals surface area contributed by atoms with Gasteiger partial charge in [0.25, 0.3) is 0 Å². The maximum absolute atomic E-state index is 14.3. The molecule has 194 valence electrons. The van der Waals surface area contributed by atoms with Crippen LogP contribution in [-0.2, 0) is 23.9 Å². The number of Topliss-reactive ketones (excluding diaryl/α,β-unsaturated/α-hetero) is 1. The minimum absolute atomic E-state index is 0.111. The molecule has 1 N–H and O–H groups in total. The molecule has 4 rings (SSSR count). The molecule has 0 amide bonds. The fourth-order valence-corrected chi connectivity index (χ4v) is 5.27. The predicted octanol–water partition coefficient (Wildman–Crippen LogP) is 4.55. The number of halogens is 1. The van der Waals surface area contributed by atoms with Gasteiger partial charge in [-0.1, -0.05) is 30.3 Å². The van der Waals surface area contributed by atoms with Gasteiger partial charge in [0, 0.05) is 28.8 Å². The van der Waals surface area contributed by atoms with Crippen molar-refractivity contribution < 1.29 is 33.0 Å². The topological polar surface area (TPSA) is 90.9 Å². The first-order chi connectivity index (χ1) is 17.8. The normalized spacial score (nSPS) is 21.2. The van der Waals surface area contributed by atoms with Crippen molar-refractivity contribution in [3.05, 3.63) is 88.0 Å². The molecular formula is C29H30FNO6. The summed E-state index contributed by atoms with van der Waals surface area (Å²) in [7, 11) is 1.54. The second kappa shape index (κ2) is 11.0. The van der Waals surface area contributed by atoms with Crippen molar-refractivity contribution in [1.29, 1.82) is 0 Å². The lowest BCUT2D eigenvalue weighted by molar-refractivity contribution is -0.152. The molecule has 37 heavy (non-hydrogen) atoms. The number of ketones is 1. The standard InChI is InChI=1S/C29H30FNO6/c1-5-36-28(33)23-16(3)31-21-15-20(19-9-7-8-10-22(19)35-4)25(29(34)37-6-2)27(32)26(21)24(23)17-11-13-18(30)14-12-17/h7-14,20,24-25,31H,5-6,15H2,1-4H3/t20-,24-,25+/m0/s1. The smallest absolute Gasteiger partial charge is 0.336 e. The van der Waals surface area contributed by atoms with Gasteiger partial charge in [-0.15, -0.1) is 0 Å². The molecule has 0 aromatic heterocycles. The van der Waals surface area contributed by atoms with Crippen molar-refractivity contribution in [2.75, 3.05) is 20.3 Å². The zero-order valence-electron chi connectivity index (χ0n) is 21.3. The summed E-state index contributed by atoms with van der Waals surface area (Å²) in [5.41, 5.74) is 2.92. The first kappa shape index (κ1) is 26.1. The molecule has 2 aromatic carbocycles. The number of rotatable bonds is 7. The summed E-state index contributed by atoms with van der Waals surface area (Å²) < 4.78 is 30.0. The van der Waals surface area contributed by atoms with Gasteiger partial charge in [0.15, 0.2) is 5.78 Å². The molecule has 1 aliphatic heterocycles. The second-order valence-corrected chi connectivity index (χ2v) is 8.91. The van der Waals surface area contributed by atoms with Crippen molar-refractivity contribution in [3.63, 3.8) is 0 Å². The van der Waals surface area contributed by atoms with E-state index < -0.39 is 41.3 Å². The Morgan fingerprint density at radius 1 is 1.03 bits per heavy atom. The van der Waals surface area contributed by atoms with Crippen LogP contribution < -0.4 is 10.1 Å². The van der Waals surface area contributed by atoms with E-state index in [0.29, 0.717) is 34.7 Å². The van der Waals surface area contributed by atoms with E-state index in [4.69, 9.17) is 14.2 Å². The number of hydrogen-bond acceptors (Lipinski definition) is 7. The summed E-state index contributed by atoms with van der Waals surface area (Å²) in [6, 6.07) is 12.9. The van der Waals surface area contributed by atoms with E-state index >= 15 is 0 Å². The minimum Gasteiger partial charge on any atom is -0.496 e. The third kappa shape index (κ3) is 4.88. The Bertz CT molecular complexity index is 1280. The number of carbonyl (C=O) groups is 3. The molecule has 0 saturated carbocycles. The zero-order chi connectivity index (χ0) is 26.7. The van der Waals surface area contributed by atoms with Gasteiger partial charge in [0.05, 0.1) is 25.9 Å². The van der Waals surface area contributed by atoms with Crippen LogP contribution in [0.4, 0.5) is 4.39 Å². The number of ether oxygens (including phenoxy) is 3. The van der Waals surface area contributed by atoms with Gasteiger partial charge >= 0.3 is 11.9 Å². The van der Waals surface area contributed by atoms with Crippen LogP contribution in [0.5, 0.6) is 5.75 Å². The molecule has 0 saturated heterocycles. The van der Waals surface area contributed by atoms with E-state index in [0.717, 1.165) is 0 Å². The first-order valence-corrected chi connectivity index (χ1v) is 12.3. The number of methoxy groups -OCH3 is 1. The number of carbonyl (C=O) groups excluding carboxylic acids is 3. The molecule has 1 aliphatic carbocycles. The van der Waals surface area contributed by atoms with E-state index in [2.05, 4.69) is 5.32 Å². The molecule has 0 radical (unpaired) electrons. The average molecular weight is 508 g/mol. The molecular weight excluding hydrogens is 477 g/mol. The van der Waals surface area contributed by atoms with E-state index in [9.17, 15) is 18.8 Å². The van der Waals surface area contributed by atoms with Gasteiger partial charge in [-0.3, -0.25) is 9.59 Å². The zero-order valence-corrected chi connectivity index (χ0v) is 21.3. The summed E-state index contributed by atoms with van der Waals surface area (Å²) in [5.74, 6) is -4.10. The average Bonchev–Trinajstić information content (AvgIpc) is 2.88. The van der Waals surface area contributed by atoms with Crippen LogP contribution in [0.2, 0.25) is 0 Å². The summed E-state index contributed by atoms with van der Waals surface area (Å²) in [4.78, 5) is 40.6. The van der Waals surface area contributed by atoms with Crippen molar-refractivity contribution in [2.24, 2.45) is 5.92 Å². The van der Waals surface area contributed by atoms with Crippen molar-refractivity contribution in [2.45, 2.75) is 39.0 Å². The second-order valence-electron chi connectivity index (χ2n) is 8.91. The van der Waals surface area contributed by atoms with Crippen molar-refractivity contribution in [1.82, 2.24) is 5.32 Å². The highest BCUT2D eigenvalue weighted by Crippen LogP contribution is 2.49. The number of benzene rings is 2. The Hall–Kier alpha value is -3.94. The Morgan fingerprint density at radius 2 is 1.70 bits per heavy atom. The summed E-state index contributed by atoms with van der Waals surface area (Å²) >= 11 is 0. The highest BCUT2D eigenvalue weighted by atomic mass is 19.1. The molecule has 2 aromatic rings. The Kier molecular flexibility index (Phi) is 7.76. The molecule has 2 aliphatic rings. The number of nitrogens with one attached hydrogen (secondary N) is 1. The molecule has 0 fully saturated rings. The largest absolute Gasteiger partial charge is 0.496 e. The molecule has 0 unspecified atom stereocenters. The number of allylic oxidation sites excluding steroid dienone is 3. The van der Waals surface area contributed by atoms with Gasteiger partial charge in [0.1, 0.15) is 17.5 Å². The van der Waals surface area contributed by atoms with E-state index in [1.54, 1.807) is 39.0 Å². The maximum atomic E-state index is 14.3. The maximum Gasteiger partial charge on any atom is 0.336 e. The Balaban J connectivity index is 1.91. The van der Waals surface area contributed by atoms with Gasteiger partial charge in [-0.25, -0.2) is 9.18 Å². The molecule has 1 heterocycles. The lowest BCUT2D eigenvalue weighted by atomic mass is 9.67. The molecule has 7 nitrogen and oxygen atoms in total. The van der Waals surface area contributed by atoms with Crippen LogP contribution in [0.3, 0.4) is 0 Å². The molecule has 8 heteroatoms. The third-order valence-electron chi connectivity index (χ3n) is 6.80. The summed E-state index contributed by atoms with van der Waals surface area (Å²) in [5, 5.41) is 3.25. The molecule has 0 bridgehead atoms. The quantitative estimate of drug-likeness (QED) is 0.434. The van der Waals surface area contributed by atoms with Crippen LogP contribution in [0.15, 0.2) is 71.1 Å². The fraction of sp³-hybridized carbons (Fsp3) is 0.345. The Morgan fingerprint density at radius 3 is 2.35 bits per heavy atom. The van der Waals surface area contributed by atoms with Gasteiger partial charge in [-0.05, 0) is 56.5 Å². The van der Waals surface area contributed by atoms with Gasteiger partial charge in [-0.2, -0.15) is 0 Å². The first-order valence-electron chi connectivity index (χ1n) is 12.3. The molecule has 0 spiro atoms. The number of para-hydroxylation sites is 1. The number of dihydropyridines is 1. The lowest BCUT2D eigenvalue weighted by Crippen LogP contribution is -2.43. The minimum atomic E-state index is -1.15. The Labute approximate surface area is 215 Å². The van der Waals surface area contributed by atoms with Crippen LogP contribution in [0.25, 0.3) is 0 Å². The summed E-state index contributed by atoms with van der Waals surface area (Å²) in [6.07, 6.45) is 0.302. The SMILES string of the molecule is CCOC(=O)C1=C(C)NC2=C(C(=O)[C@H](C(=O)OCC)[C@H](c3ccccc3OC)C2)[C@H]1c1ccc(F)cc1. The lowest BCUT2D eigenvalue weighted by Gasteiger charge is -2.39. The predicted molar refractivity (Wildman–Crippen MR) is 134 cm³/mol. The fourth-order valence-electron chi connectivity index (χ4n) is 5.27. The van der Waals surface area contributed by atoms with Crippen LogP contribution in [0, 0.1) is 11.7 Å². The van der Waals surface area contributed by atoms with E-state index in [1.165, 1.54) is 19.2 Å². The van der Waals surface area contributed by atoms with Crippen LogP contribution >= 0.6 is 0 Å². The van der Waals surface area contributed by atoms with E-state index in [-0.39, 0.29) is 24.4 Å². The highest BCUT2D eigenvalue weighted by Gasteiger charge is 2.49. The van der Waals surface area contributed by atoms with Crippen molar-refractivity contribution >= 4 is 17.7 Å². The van der Waals surface area contributed by atoms with Gasteiger partial charge < -0.3 is 19.5 Å².